The number of benzene rings is 13. The molecule has 4 aliphatic heterocycles. The van der Waals surface area contributed by atoms with E-state index in [-0.39, 0.29) is 13.4 Å². The zero-order chi connectivity index (χ0) is 59.8. The summed E-state index contributed by atoms with van der Waals surface area (Å²) in [6.07, 6.45) is 1.77. The van der Waals surface area contributed by atoms with Gasteiger partial charge in [-0.15, -0.1) is 0 Å². The number of rotatable bonds is 12. The Labute approximate surface area is 528 Å². The monoisotopic (exact) mass is 1150 g/mol. The Kier molecular flexibility index (Phi) is 12.9. The van der Waals surface area contributed by atoms with Crippen molar-refractivity contribution in [3.63, 3.8) is 0 Å². The van der Waals surface area contributed by atoms with Crippen LogP contribution in [0.5, 0.6) is 0 Å². The minimum absolute atomic E-state index is 0.152. The van der Waals surface area contributed by atoms with Gasteiger partial charge < -0.3 is 29.4 Å². The quantitative estimate of drug-likeness (QED) is 0.113. The molecular formula is C82H62B2N6. The standard InChI is InChI=1S/C82H62B2N6/c1-3-57-31-23-27-47-71(57)90(72-48-28-24-32-58(72)4-2)66-53-78-82-80(54-66)89(64-43-21-10-22-44-64)76-56-75-69(55-70(76)84(82)68-46-26-30-50-74(68)87(78)62-39-17-8-18-40-62)83-67-45-25-29-49-73(67)86(61-37-15-7-16-38-61)77-51-65(52-79(81(77)83)88(75)63-41-19-9-20-42-63)85(59-33-11-5-12-34-59)60-35-13-6-14-36-60/h5-56H,3-4H2,1-2H3. The third kappa shape index (κ3) is 8.43. The molecule has 0 radical (unpaired) electrons. The van der Waals surface area contributed by atoms with Gasteiger partial charge in [-0.1, -0.05) is 202 Å². The van der Waals surface area contributed by atoms with Gasteiger partial charge in [-0.25, -0.2) is 0 Å². The van der Waals surface area contributed by atoms with Crippen LogP contribution in [0.1, 0.15) is 25.0 Å². The van der Waals surface area contributed by atoms with Crippen LogP contribution in [0, 0.1) is 0 Å². The van der Waals surface area contributed by atoms with Crippen LogP contribution in [0.4, 0.5) is 102 Å². The van der Waals surface area contributed by atoms with E-state index in [2.05, 4.69) is 359 Å². The first-order chi connectivity index (χ1) is 44.6. The molecule has 0 amide bonds. The summed E-state index contributed by atoms with van der Waals surface area (Å²) < 4.78 is 0. The summed E-state index contributed by atoms with van der Waals surface area (Å²) in [7, 11) is 0. The average molecular weight is 1150 g/mol. The van der Waals surface area contributed by atoms with Crippen LogP contribution in [0.2, 0.25) is 0 Å². The highest BCUT2D eigenvalue weighted by Gasteiger charge is 2.49. The fourth-order valence-electron chi connectivity index (χ4n) is 15.1. The third-order valence-electron chi connectivity index (χ3n) is 18.9. The number of hydrogen-bond donors (Lipinski definition) is 0. The lowest BCUT2D eigenvalue weighted by Crippen LogP contribution is -2.65. The van der Waals surface area contributed by atoms with Crippen LogP contribution in [-0.2, 0) is 12.8 Å². The molecule has 13 aromatic rings. The molecule has 0 aromatic heterocycles. The SMILES string of the molecule is CCc1ccccc1N(c1cc2c3c(c1)N(c1ccccc1)c1cc4c(cc1B3c1ccccc1N2c1ccccc1)B1c2ccccc2N(c2ccccc2)c2cc(N(c3ccccc3)c3ccccc3)cc(c21)N4c1ccccc1)c1ccccc1CC. The second kappa shape index (κ2) is 21.9. The predicted octanol–water partition coefficient (Wildman–Crippen LogP) is 17.9. The van der Waals surface area contributed by atoms with Crippen molar-refractivity contribution in [3.05, 3.63) is 327 Å². The molecule has 0 saturated carbocycles. The zero-order valence-electron chi connectivity index (χ0n) is 50.3. The minimum Gasteiger partial charge on any atom is -0.311 e. The second-order valence-corrected chi connectivity index (χ2v) is 23.7. The summed E-state index contributed by atoms with van der Waals surface area (Å²) in [6.45, 7) is 4.25. The molecule has 8 heteroatoms. The first kappa shape index (κ1) is 53.1. The van der Waals surface area contributed by atoms with Gasteiger partial charge in [0, 0.05) is 91.0 Å². The van der Waals surface area contributed by atoms with Crippen LogP contribution >= 0.6 is 0 Å². The Morgan fingerprint density at radius 3 is 0.911 bits per heavy atom. The fourth-order valence-corrected chi connectivity index (χ4v) is 15.1. The fraction of sp³-hybridized carbons (Fsp3) is 0.0488. The number of fused-ring (bicyclic) bond motifs is 8. The van der Waals surface area contributed by atoms with E-state index in [1.54, 1.807) is 0 Å². The highest BCUT2D eigenvalue weighted by atomic mass is 15.2. The van der Waals surface area contributed by atoms with Gasteiger partial charge in [0.05, 0.1) is 11.4 Å². The van der Waals surface area contributed by atoms with Gasteiger partial charge in [0.25, 0.3) is 13.4 Å². The number of anilines is 18. The van der Waals surface area contributed by atoms with Crippen molar-refractivity contribution in [2.45, 2.75) is 26.7 Å². The molecule has 0 aliphatic carbocycles. The van der Waals surface area contributed by atoms with Crippen molar-refractivity contribution in [2.75, 3.05) is 29.4 Å². The number of hydrogen-bond acceptors (Lipinski definition) is 6. The van der Waals surface area contributed by atoms with Crippen molar-refractivity contribution in [1.82, 2.24) is 0 Å². The molecule has 6 nitrogen and oxygen atoms in total. The average Bonchev–Trinajstić information content (AvgIpc) is 0.703. The van der Waals surface area contributed by atoms with Crippen LogP contribution in [0.25, 0.3) is 0 Å². The van der Waals surface area contributed by atoms with Crippen molar-refractivity contribution >= 4 is 149 Å². The molecule has 0 saturated heterocycles. The molecule has 13 aromatic carbocycles. The Bertz CT molecular complexity index is 4770. The lowest BCUT2D eigenvalue weighted by molar-refractivity contribution is 1.08. The highest BCUT2D eigenvalue weighted by Crippen LogP contribution is 2.53. The number of nitrogens with zero attached hydrogens (tertiary/aromatic N) is 6. The second-order valence-electron chi connectivity index (χ2n) is 23.7. The van der Waals surface area contributed by atoms with Crippen LogP contribution in [-0.4, -0.2) is 13.4 Å². The van der Waals surface area contributed by atoms with Gasteiger partial charge in [0.2, 0.25) is 0 Å². The molecule has 0 bridgehead atoms. The molecule has 90 heavy (non-hydrogen) atoms. The van der Waals surface area contributed by atoms with Crippen LogP contribution in [0.15, 0.2) is 315 Å². The normalized spacial score (nSPS) is 13.0. The van der Waals surface area contributed by atoms with Gasteiger partial charge >= 0.3 is 0 Å². The minimum atomic E-state index is -0.154. The Hall–Kier alpha value is -11.2. The molecule has 0 atom stereocenters. The summed E-state index contributed by atoms with van der Waals surface area (Å²) >= 11 is 0. The first-order valence-corrected chi connectivity index (χ1v) is 31.6. The number of para-hydroxylation sites is 10. The van der Waals surface area contributed by atoms with E-state index in [4.69, 9.17) is 0 Å². The Balaban J connectivity index is 0.999. The Morgan fingerprint density at radius 1 is 0.244 bits per heavy atom. The van der Waals surface area contributed by atoms with E-state index >= 15 is 0 Å². The van der Waals surface area contributed by atoms with Gasteiger partial charge in [-0.2, -0.15) is 0 Å². The largest absolute Gasteiger partial charge is 0.311 e. The van der Waals surface area contributed by atoms with E-state index in [1.165, 1.54) is 66.7 Å². The van der Waals surface area contributed by atoms with E-state index in [9.17, 15) is 0 Å². The van der Waals surface area contributed by atoms with E-state index in [0.717, 1.165) is 92.5 Å². The maximum absolute atomic E-state index is 2.64. The summed E-state index contributed by atoms with van der Waals surface area (Å²) in [5, 5.41) is 0. The lowest BCUT2D eigenvalue weighted by atomic mass is 9.30. The number of aryl methyl sites for hydroxylation is 2. The van der Waals surface area contributed by atoms with Gasteiger partial charge in [-0.05, 0) is 184 Å². The molecule has 0 unspecified atom stereocenters. The molecule has 0 spiro atoms. The third-order valence-corrected chi connectivity index (χ3v) is 18.9. The highest BCUT2D eigenvalue weighted by molar-refractivity contribution is 7.03. The summed E-state index contributed by atoms with van der Waals surface area (Å²) in [6, 6.07) is 117. The van der Waals surface area contributed by atoms with E-state index < -0.39 is 0 Å². The first-order valence-electron chi connectivity index (χ1n) is 31.6. The van der Waals surface area contributed by atoms with Gasteiger partial charge in [0.15, 0.2) is 0 Å². The van der Waals surface area contributed by atoms with Gasteiger partial charge in [-0.3, -0.25) is 0 Å². The predicted molar refractivity (Wildman–Crippen MR) is 383 cm³/mol. The van der Waals surface area contributed by atoms with E-state index in [0.29, 0.717) is 0 Å². The molecule has 0 N–H and O–H groups in total. The maximum Gasteiger partial charge on any atom is 0.252 e. The molecule has 4 heterocycles. The van der Waals surface area contributed by atoms with Crippen molar-refractivity contribution < 1.29 is 0 Å². The van der Waals surface area contributed by atoms with Crippen molar-refractivity contribution in [3.8, 4) is 0 Å². The molecular weight excluding hydrogens is 1090 g/mol. The molecule has 17 rings (SSSR count). The van der Waals surface area contributed by atoms with E-state index in [1.807, 2.05) is 0 Å². The van der Waals surface area contributed by atoms with Crippen LogP contribution < -0.4 is 62.2 Å². The van der Waals surface area contributed by atoms with Crippen molar-refractivity contribution in [1.29, 1.82) is 0 Å². The maximum atomic E-state index is 2.64. The molecule has 426 valence electrons. The summed E-state index contributed by atoms with van der Waals surface area (Å²) in [5.41, 5.74) is 30.4. The van der Waals surface area contributed by atoms with Gasteiger partial charge in [0.1, 0.15) is 0 Å². The molecule has 4 aliphatic rings. The lowest BCUT2D eigenvalue weighted by Gasteiger charge is -2.48. The zero-order valence-corrected chi connectivity index (χ0v) is 50.3. The van der Waals surface area contributed by atoms with Crippen molar-refractivity contribution in [2.24, 2.45) is 0 Å². The summed E-state index contributed by atoms with van der Waals surface area (Å²) in [4.78, 5) is 15.2. The summed E-state index contributed by atoms with van der Waals surface area (Å²) in [5.74, 6) is 0. The smallest absolute Gasteiger partial charge is 0.252 e. The van der Waals surface area contributed by atoms with Crippen LogP contribution in [0.3, 0.4) is 0 Å². The molecule has 0 fully saturated rings. The Morgan fingerprint density at radius 2 is 0.544 bits per heavy atom. The topological polar surface area (TPSA) is 19.4 Å².